The Morgan fingerprint density at radius 3 is 2.01 bits per heavy atom. The molecule has 0 saturated carbocycles. The SMILES string of the molecule is CC(C)(CC=O)CC=O.CNC(=O)C(CCC=O)N(C)C(=O)c1cccc(N2CCN(C)CC2)c1C=O.Cc1nc2c(F)cc(-c3nc(Nc4ccc(N5CCN(C)CC5)cn4)ncc3F)cc2n1C(C)C. The zero-order chi connectivity index (χ0) is 52.7. The third-order valence-corrected chi connectivity index (χ3v) is 12.8. The first kappa shape index (κ1) is 55.9. The van der Waals surface area contributed by atoms with Crippen molar-refractivity contribution in [1.29, 1.82) is 0 Å². The molecule has 2 aromatic carbocycles. The van der Waals surface area contributed by atoms with Gasteiger partial charge in [0.1, 0.15) is 47.8 Å². The first-order valence-corrected chi connectivity index (χ1v) is 24.1. The van der Waals surface area contributed by atoms with Crippen LogP contribution in [0.4, 0.5) is 31.9 Å². The molecule has 5 heterocycles. The van der Waals surface area contributed by atoms with E-state index in [0.29, 0.717) is 47.4 Å². The number of anilines is 4. The zero-order valence-electron chi connectivity index (χ0n) is 42.8. The second-order valence-electron chi connectivity index (χ2n) is 19.0. The number of hydrogen-bond donors (Lipinski definition) is 2. The number of halogens is 2. The average Bonchev–Trinajstić information content (AvgIpc) is 3.71. The molecule has 20 heteroatoms. The number of benzene rings is 2. The van der Waals surface area contributed by atoms with Crippen molar-refractivity contribution >= 4 is 71.1 Å². The Morgan fingerprint density at radius 2 is 1.46 bits per heavy atom. The number of piperazine rings is 2. The van der Waals surface area contributed by atoms with Crippen LogP contribution in [0, 0.1) is 24.0 Å². The number of likely N-dealkylation sites (N-methyl/N-ethyl adjacent to an activating group) is 4. The maximum atomic E-state index is 14.9. The highest BCUT2D eigenvalue weighted by Gasteiger charge is 2.30. The summed E-state index contributed by atoms with van der Waals surface area (Å²) in [5, 5.41) is 5.55. The lowest BCUT2D eigenvalue weighted by atomic mass is 9.87. The summed E-state index contributed by atoms with van der Waals surface area (Å²) in [5.74, 6) is -0.514. The minimum Gasteiger partial charge on any atom is -0.368 e. The predicted molar refractivity (Wildman–Crippen MR) is 275 cm³/mol. The van der Waals surface area contributed by atoms with E-state index in [1.54, 1.807) is 24.4 Å². The maximum absolute atomic E-state index is 14.9. The number of hydrogen-bond acceptors (Lipinski definition) is 15. The fourth-order valence-corrected chi connectivity index (χ4v) is 8.46. The third-order valence-electron chi connectivity index (χ3n) is 12.8. The quantitative estimate of drug-likeness (QED) is 0.100. The van der Waals surface area contributed by atoms with Gasteiger partial charge >= 0.3 is 0 Å². The first-order chi connectivity index (χ1) is 34.4. The van der Waals surface area contributed by atoms with Crippen LogP contribution in [0.15, 0.2) is 54.9 Å². The van der Waals surface area contributed by atoms with Crippen molar-refractivity contribution in [1.82, 2.24) is 44.5 Å². The summed E-state index contributed by atoms with van der Waals surface area (Å²) in [7, 11) is 7.17. The smallest absolute Gasteiger partial charge is 0.255 e. The molecule has 2 aliphatic heterocycles. The number of imidazole rings is 1. The standard InChI is InChI=1S/C25H28F2N8.C20H28N4O4.C7H12O2/c1-15(2)35-16(3)30-24-19(26)11-17(12-21(24)35)23-20(27)14-29-25(32-23)31-22-6-5-18(13-28-22)34-9-7-33(4)8-10-34;1-21-19(27)18(8-5-13-25)23(3)20(28)15-6-4-7-17(16(15)14-26)24-11-9-22(2)10-12-24;1-7(2,3-5-8)4-6-9/h5-6,11-15H,7-10H2,1-4H3,(H,28,29,31,32);4,6-7,13-14,18H,5,8-12H2,1-3H3,(H,21,27);5-6H,3-4H2,1-2H3. The Bertz CT molecular complexity index is 2650. The van der Waals surface area contributed by atoms with Crippen LogP contribution in [0.1, 0.15) is 86.0 Å². The number of aryl methyl sites for hydroxylation is 1. The first-order valence-electron chi connectivity index (χ1n) is 24.1. The Kier molecular flexibility index (Phi) is 20.1. The van der Waals surface area contributed by atoms with Gasteiger partial charge in [-0.15, -0.1) is 0 Å². The molecule has 5 aromatic rings. The van der Waals surface area contributed by atoms with Gasteiger partial charge in [0.25, 0.3) is 5.91 Å². The van der Waals surface area contributed by atoms with Gasteiger partial charge in [0, 0.05) is 103 Å². The summed E-state index contributed by atoms with van der Waals surface area (Å²) < 4.78 is 31.6. The van der Waals surface area contributed by atoms with Gasteiger partial charge < -0.3 is 54.1 Å². The number of nitrogens with zero attached hydrogens (tertiary/aromatic N) is 10. The second-order valence-corrected chi connectivity index (χ2v) is 19.0. The van der Waals surface area contributed by atoms with Crippen molar-refractivity contribution in [3.8, 4) is 11.3 Å². The highest BCUT2D eigenvalue weighted by atomic mass is 19.1. The maximum Gasteiger partial charge on any atom is 0.255 e. The van der Waals surface area contributed by atoms with E-state index in [0.717, 1.165) is 88.8 Å². The van der Waals surface area contributed by atoms with Crippen molar-refractivity contribution in [2.45, 2.75) is 72.4 Å². The molecule has 72 heavy (non-hydrogen) atoms. The summed E-state index contributed by atoms with van der Waals surface area (Å²) in [6.45, 7) is 16.8. The molecule has 1 unspecified atom stereocenters. The minimum atomic E-state index is -0.783. The summed E-state index contributed by atoms with van der Waals surface area (Å²) >= 11 is 0. The number of carbonyl (C=O) groups excluding carboxylic acids is 6. The molecule has 2 fully saturated rings. The number of nitrogens with one attached hydrogen (secondary N) is 2. The number of aromatic nitrogens is 5. The number of aldehydes is 4. The number of amides is 2. The molecule has 0 bridgehead atoms. The molecular weight excluding hydrogens is 927 g/mol. The van der Waals surface area contributed by atoms with Crippen molar-refractivity contribution in [3.63, 3.8) is 0 Å². The number of carbonyl (C=O) groups is 6. The van der Waals surface area contributed by atoms with Gasteiger partial charge in [-0.25, -0.2) is 28.7 Å². The Labute approximate surface area is 420 Å². The van der Waals surface area contributed by atoms with Crippen LogP contribution in [0.2, 0.25) is 0 Å². The van der Waals surface area contributed by atoms with E-state index in [1.165, 1.54) is 25.1 Å². The van der Waals surface area contributed by atoms with E-state index in [1.807, 2.05) is 64.4 Å². The Hall–Kier alpha value is -7.06. The van der Waals surface area contributed by atoms with Crippen molar-refractivity contribution in [2.75, 3.05) is 95.7 Å². The molecule has 2 saturated heterocycles. The van der Waals surface area contributed by atoms with Gasteiger partial charge in [-0.1, -0.05) is 19.9 Å². The summed E-state index contributed by atoms with van der Waals surface area (Å²) in [6, 6.07) is 11.3. The molecule has 3 aromatic heterocycles. The summed E-state index contributed by atoms with van der Waals surface area (Å²) in [5.41, 5.74) is 3.41. The fourth-order valence-electron chi connectivity index (χ4n) is 8.46. The van der Waals surface area contributed by atoms with E-state index in [-0.39, 0.29) is 52.9 Å². The fraction of sp³-hybridized carbons (Fsp3) is 0.462. The lowest BCUT2D eigenvalue weighted by Crippen LogP contribution is -2.47. The summed E-state index contributed by atoms with van der Waals surface area (Å²) in [4.78, 5) is 95.3. The van der Waals surface area contributed by atoms with Crippen molar-refractivity contribution in [2.24, 2.45) is 5.41 Å². The van der Waals surface area contributed by atoms with Gasteiger partial charge in [0.15, 0.2) is 17.9 Å². The molecule has 2 aliphatic rings. The van der Waals surface area contributed by atoms with Gasteiger partial charge in [0.05, 0.1) is 34.7 Å². The molecule has 2 N–H and O–H groups in total. The average molecular weight is 995 g/mol. The highest BCUT2D eigenvalue weighted by molar-refractivity contribution is 6.05. The number of rotatable bonds is 17. The monoisotopic (exact) mass is 995 g/mol. The molecule has 386 valence electrons. The predicted octanol–water partition coefficient (Wildman–Crippen LogP) is 6.16. The molecule has 7 rings (SSSR count). The van der Waals surface area contributed by atoms with E-state index < -0.39 is 23.6 Å². The normalized spacial score (nSPS) is 14.6. The second kappa shape index (κ2) is 25.9. The van der Waals surface area contributed by atoms with Gasteiger partial charge in [-0.2, -0.15) is 0 Å². The largest absolute Gasteiger partial charge is 0.368 e. The molecule has 2 amide bonds. The Balaban J connectivity index is 0.000000233. The Morgan fingerprint density at radius 1 is 0.819 bits per heavy atom. The van der Waals surface area contributed by atoms with E-state index in [4.69, 9.17) is 0 Å². The lowest BCUT2D eigenvalue weighted by Gasteiger charge is -2.35. The molecule has 18 nitrogen and oxygen atoms in total. The van der Waals surface area contributed by atoms with Gasteiger partial charge in [-0.3, -0.25) is 14.4 Å². The highest BCUT2D eigenvalue weighted by Crippen LogP contribution is 2.31. The van der Waals surface area contributed by atoms with Crippen LogP contribution in [-0.2, 0) is 19.2 Å². The number of pyridine rings is 1. The third kappa shape index (κ3) is 14.3. The van der Waals surface area contributed by atoms with Crippen LogP contribution in [0.25, 0.3) is 22.3 Å². The van der Waals surface area contributed by atoms with Crippen LogP contribution in [0.5, 0.6) is 0 Å². The van der Waals surface area contributed by atoms with Crippen molar-refractivity contribution < 1.29 is 37.5 Å². The van der Waals surface area contributed by atoms with Crippen LogP contribution < -0.4 is 20.4 Å². The van der Waals surface area contributed by atoms with E-state index in [9.17, 15) is 37.5 Å². The van der Waals surface area contributed by atoms with Crippen molar-refractivity contribution in [3.05, 3.63) is 83.4 Å². The molecule has 1 atom stereocenters. The van der Waals surface area contributed by atoms with Gasteiger partial charge in [0.2, 0.25) is 11.9 Å². The molecule has 0 radical (unpaired) electrons. The molecular formula is C52H68F2N12O6. The zero-order valence-corrected chi connectivity index (χ0v) is 42.8. The van der Waals surface area contributed by atoms with Crippen LogP contribution >= 0.6 is 0 Å². The van der Waals surface area contributed by atoms with Crippen LogP contribution in [0.3, 0.4) is 0 Å². The van der Waals surface area contributed by atoms with E-state index >= 15 is 0 Å². The molecule has 0 aliphatic carbocycles. The number of fused-ring (bicyclic) bond motifs is 1. The van der Waals surface area contributed by atoms with Crippen LogP contribution in [-0.4, -0.2) is 163 Å². The summed E-state index contributed by atoms with van der Waals surface area (Å²) in [6.07, 6.45) is 7.32. The van der Waals surface area contributed by atoms with Gasteiger partial charge in [-0.05, 0) is 83.1 Å². The lowest BCUT2D eigenvalue weighted by molar-refractivity contribution is -0.125. The van der Waals surface area contributed by atoms with E-state index in [2.05, 4.69) is 57.2 Å². The topological polar surface area (TPSA) is 199 Å². The minimum absolute atomic E-state index is 0.00603. The molecule has 0 spiro atoms.